The van der Waals surface area contributed by atoms with Gasteiger partial charge in [0, 0.05) is 18.1 Å². The molecule has 0 aliphatic carbocycles. The molecule has 27 heavy (non-hydrogen) atoms. The highest BCUT2D eigenvalue weighted by Crippen LogP contribution is 2.16. The first-order valence-corrected chi connectivity index (χ1v) is 8.42. The Morgan fingerprint density at radius 2 is 1.70 bits per heavy atom. The smallest absolute Gasteiger partial charge is 0.271 e. The van der Waals surface area contributed by atoms with Gasteiger partial charge in [-0.05, 0) is 35.7 Å². The number of pyridine rings is 1. The van der Waals surface area contributed by atoms with Crippen molar-refractivity contribution in [3.05, 3.63) is 59.9 Å². The number of carbonyl (C=O) groups excluding carboxylic acids is 3. The fourth-order valence-electron chi connectivity index (χ4n) is 2.12. The number of hydrazine groups is 1. The van der Waals surface area contributed by atoms with Gasteiger partial charge >= 0.3 is 0 Å². The minimum absolute atomic E-state index is 0.282. The molecule has 3 N–H and O–H groups in total. The summed E-state index contributed by atoms with van der Waals surface area (Å²) >= 11 is 0. The molecule has 0 unspecified atom stereocenters. The summed E-state index contributed by atoms with van der Waals surface area (Å²) in [4.78, 5) is 39.0. The van der Waals surface area contributed by atoms with Crippen LogP contribution in [0.15, 0.2) is 48.8 Å². The van der Waals surface area contributed by atoms with Gasteiger partial charge in [-0.2, -0.15) is 0 Å². The van der Waals surface area contributed by atoms with Crippen LogP contribution in [-0.2, 0) is 14.3 Å². The van der Waals surface area contributed by atoms with Crippen molar-refractivity contribution < 1.29 is 19.1 Å². The summed E-state index contributed by atoms with van der Waals surface area (Å²) in [7, 11) is 0. The Kier molecular flexibility index (Phi) is 7.45. The Morgan fingerprint density at radius 3 is 2.33 bits per heavy atom. The third-order valence-corrected chi connectivity index (χ3v) is 3.57. The lowest BCUT2D eigenvalue weighted by Gasteiger charge is -2.09. The highest BCUT2D eigenvalue weighted by molar-refractivity contribution is 5.95. The van der Waals surface area contributed by atoms with Gasteiger partial charge in [0.05, 0.1) is 5.56 Å². The summed E-state index contributed by atoms with van der Waals surface area (Å²) in [6.45, 7) is 3.53. The van der Waals surface area contributed by atoms with Gasteiger partial charge in [0.2, 0.25) is 5.91 Å². The average Bonchev–Trinajstić information content (AvgIpc) is 2.67. The van der Waals surface area contributed by atoms with Crippen molar-refractivity contribution in [2.45, 2.75) is 19.8 Å². The predicted octanol–water partition coefficient (Wildman–Crippen LogP) is 1.62. The van der Waals surface area contributed by atoms with Crippen molar-refractivity contribution in [2.75, 3.05) is 18.5 Å². The summed E-state index contributed by atoms with van der Waals surface area (Å²) in [5, 5.41) is 2.68. The zero-order valence-electron chi connectivity index (χ0n) is 15.2. The van der Waals surface area contributed by atoms with Gasteiger partial charge in [0.25, 0.3) is 11.8 Å². The molecule has 3 amide bonds. The van der Waals surface area contributed by atoms with Crippen LogP contribution in [0.25, 0.3) is 0 Å². The molecule has 0 fully saturated rings. The topological polar surface area (TPSA) is 109 Å². The highest BCUT2D eigenvalue weighted by Gasteiger charge is 2.09. The molecule has 8 nitrogen and oxygen atoms in total. The second-order valence-corrected chi connectivity index (χ2v) is 6.06. The van der Waals surface area contributed by atoms with E-state index in [4.69, 9.17) is 4.74 Å². The Hall–Kier alpha value is -3.26. The van der Waals surface area contributed by atoms with Gasteiger partial charge in [0.1, 0.15) is 13.2 Å². The zero-order chi connectivity index (χ0) is 19.6. The molecule has 8 heteroatoms. The molecule has 2 rings (SSSR count). The maximum Gasteiger partial charge on any atom is 0.271 e. The van der Waals surface area contributed by atoms with Crippen LogP contribution in [0.4, 0.5) is 5.69 Å². The van der Waals surface area contributed by atoms with E-state index < -0.39 is 11.8 Å². The normalized spacial score (nSPS) is 10.3. The standard InChI is InChI=1S/C19H22N4O4/c1-13(2)14-5-7-16(8-6-14)21-17(24)11-27-12-18(25)22-23-19(26)15-4-3-9-20-10-15/h3-10,13H,11-12H2,1-2H3,(H,21,24)(H,22,25)(H,23,26). The molecule has 0 radical (unpaired) electrons. The molecule has 0 atom stereocenters. The van der Waals surface area contributed by atoms with Crippen LogP contribution in [0, 0.1) is 0 Å². The van der Waals surface area contributed by atoms with Crippen LogP contribution >= 0.6 is 0 Å². The number of amides is 3. The number of aromatic nitrogens is 1. The second-order valence-electron chi connectivity index (χ2n) is 6.06. The van der Waals surface area contributed by atoms with Crippen molar-refractivity contribution >= 4 is 23.4 Å². The SMILES string of the molecule is CC(C)c1ccc(NC(=O)COCC(=O)NNC(=O)c2cccnc2)cc1. The Morgan fingerprint density at radius 1 is 1.00 bits per heavy atom. The number of rotatable bonds is 7. The van der Waals surface area contributed by atoms with Crippen LogP contribution in [0.5, 0.6) is 0 Å². The Bertz CT molecular complexity index is 776. The molecule has 1 heterocycles. The van der Waals surface area contributed by atoms with E-state index >= 15 is 0 Å². The van der Waals surface area contributed by atoms with Crippen molar-refractivity contribution in [1.29, 1.82) is 0 Å². The number of hydrogen-bond acceptors (Lipinski definition) is 5. The highest BCUT2D eigenvalue weighted by atomic mass is 16.5. The molecule has 1 aromatic carbocycles. The monoisotopic (exact) mass is 370 g/mol. The fraction of sp³-hybridized carbons (Fsp3) is 0.263. The molecule has 0 aliphatic rings. The summed E-state index contributed by atoms with van der Waals surface area (Å²) in [6, 6.07) is 10.7. The Balaban J connectivity index is 1.65. The number of carbonyl (C=O) groups is 3. The van der Waals surface area contributed by atoms with Crippen molar-refractivity contribution in [2.24, 2.45) is 0 Å². The summed E-state index contributed by atoms with van der Waals surface area (Å²) in [6.07, 6.45) is 2.91. The lowest BCUT2D eigenvalue weighted by Crippen LogP contribution is -2.43. The van der Waals surface area contributed by atoms with Crippen LogP contribution in [0.1, 0.15) is 35.7 Å². The summed E-state index contributed by atoms with van der Waals surface area (Å²) < 4.78 is 5.04. The number of ether oxygens (including phenoxy) is 1. The van der Waals surface area contributed by atoms with E-state index in [1.807, 2.05) is 24.3 Å². The van der Waals surface area contributed by atoms with Crippen LogP contribution in [-0.4, -0.2) is 35.9 Å². The van der Waals surface area contributed by atoms with Gasteiger partial charge in [-0.3, -0.25) is 30.2 Å². The zero-order valence-corrected chi connectivity index (χ0v) is 15.2. The van der Waals surface area contributed by atoms with E-state index in [9.17, 15) is 14.4 Å². The third-order valence-electron chi connectivity index (χ3n) is 3.57. The second kappa shape index (κ2) is 10.0. The van der Waals surface area contributed by atoms with E-state index in [1.54, 1.807) is 12.1 Å². The minimum atomic E-state index is -0.582. The van der Waals surface area contributed by atoms with Gasteiger partial charge in [0.15, 0.2) is 0 Å². The fourth-order valence-corrected chi connectivity index (χ4v) is 2.12. The van der Waals surface area contributed by atoms with E-state index in [0.717, 1.165) is 0 Å². The van der Waals surface area contributed by atoms with E-state index in [-0.39, 0.29) is 19.1 Å². The first-order chi connectivity index (χ1) is 13.0. The van der Waals surface area contributed by atoms with Crippen LogP contribution < -0.4 is 16.2 Å². The largest absolute Gasteiger partial charge is 0.362 e. The van der Waals surface area contributed by atoms with Crippen molar-refractivity contribution in [3.63, 3.8) is 0 Å². The molecular weight excluding hydrogens is 348 g/mol. The van der Waals surface area contributed by atoms with Gasteiger partial charge in [-0.1, -0.05) is 26.0 Å². The van der Waals surface area contributed by atoms with E-state index in [1.165, 1.54) is 18.0 Å². The quantitative estimate of drug-likeness (QED) is 0.642. The number of benzene rings is 1. The Labute approximate surface area is 157 Å². The first-order valence-electron chi connectivity index (χ1n) is 8.42. The molecule has 2 aromatic rings. The molecule has 0 saturated carbocycles. The number of hydrogen-bond donors (Lipinski definition) is 3. The lowest BCUT2D eigenvalue weighted by molar-refractivity contribution is -0.129. The van der Waals surface area contributed by atoms with Gasteiger partial charge < -0.3 is 10.1 Å². The van der Waals surface area contributed by atoms with E-state index in [0.29, 0.717) is 17.2 Å². The van der Waals surface area contributed by atoms with Gasteiger partial charge in [-0.25, -0.2) is 0 Å². The minimum Gasteiger partial charge on any atom is -0.362 e. The summed E-state index contributed by atoms with van der Waals surface area (Å²) in [5.74, 6) is -1.05. The van der Waals surface area contributed by atoms with Gasteiger partial charge in [-0.15, -0.1) is 0 Å². The molecule has 0 spiro atoms. The van der Waals surface area contributed by atoms with Crippen LogP contribution in [0.2, 0.25) is 0 Å². The van der Waals surface area contributed by atoms with E-state index in [2.05, 4.69) is 35.0 Å². The molecule has 0 aliphatic heterocycles. The first kappa shape index (κ1) is 20.1. The molecule has 142 valence electrons. The molecule has 1 aromatic heterocycles. The third kappa shape index (κ3) is 6.87. The maximum atomic E-state index is 11.8. The predicted molar refractivity (Wildman–Crippen MR) is 99.8 cm³/mol. The molecular formula is C19H22N4O4. The lowest BCUT2D eigenvalue weighted by atomic mass is 10.0. The number of nitrogens with zero attached hydrogens (tertiary/aromatic N) is 1. The number of nitrogens with one attached hydrogen (secondary N) is 3. The average molecular weight is 370 g/mol. The van der Waals surface area contributed by atoms with Crippen LogP contribution in [0.3, 0.4) is 0 Å². The van der Waals surface area contributed by atoms with Crippen molar-refractivity contribution in [1.82, 2.24) is 15.8 Å². The number of anilines is 1. The van der Waals surface area contributed by atoms with Crippen molar-refractivity contribution in [3.8, 4) is 0 Å². The maximum absolute atomic E-state index is 11.8. The summed E-state index contributed by atoms with van der Waals surface area (Å²) in [5.41, 5.74) is 6.57. The molecule has 0 bridgehead atoms. The molecule has 0 saturated heterocycles.